The lowest BCUT2D eigenvalue weighted by atomic mass is 10.1. The molecule has 6 nitrogen and oxygen atoms in total. The van der Waals surface area contributed by atoms with Gasteiger partial charge in [0.15, 0.2) is 0 Å². The maximum Gasteiger partial charge on any atom is 0.317 e. The van der Waals surface area contributed by atoms with Gasteiger partial charge in [-0.25, -0.2) is 9.78 Å². The van der Waals surface area contributed by atoms with Gasteiger partial charge in [0.1, 0.15) is 5.82 Å². The second-order valence-corrected chi connectivity index (χ2v) is 8.04. The van der Waals surface area contributed by atoms with Crippen LogP contribution in [0.2, 0.25) is 5.02 Å². The topological polar surface area (TPSA) is 61.4 Å². The van der Waals surface area contributed by atoms with Gasteiger partial charge < -0.3 is 15.1 Å². The van der Waals surface area contributed by atoms with Crippen molar-refractivity contribution in [3.8, 4) is 0 Å². The van der Waals surface area contributed by atoms with Crippen molar-refractivity contribution in [3.05, 3.63) is 40.7 Å². The van der Waals surface area contributed by atoms with Gasteiger partial charge in [0.25, 0.3) is 0 Å². The largest absolute Gasteiger partial charge is 0.343 e. The van der Waals surface area contributed by atoms with Gasteiger partial charge in [-0.1, -0.05) is 37.1 Å². The minimum atomic E-state index is 0.0382. The molecule has 2 heterocycles. The van der Waals surface area contributed by atoms with Crippen LogP contribution in [0.4, 0.5) is 9.93 Å². The highest BCUT2D eigenvalue weighted by atomic mass is 35.5. The van der Waals surface area contributed by atoms with E-state index in [1.165, 1.54) is 11.5 Å². The number of carbonyl (C=O) groups is 1. The van der Waals surface area contributed by atoms with E-state index in [-0.39, 0.29) is 12.1 Å². The van der Waals surface area contributed by atoms with Crippen LogP contribution in [0.25, 0.3) is 0 Å². The number of nitrogens with zero attached hydrogens (tertiary/aromatic N) is 4. The van der Waals surface area contributed by atoms with E-state index < -0.39 is 0 Å². The second kappa shape index (κ2) is 9.37. The average molecular weight is 408 g/mol. The molecule has 1 atom stereocenters. The number of halogens is 1. The summed E-state index contributed by atoms with van der Waals surface area (Å²) < 4.78 is 4.50. The van der Waals surface area contributed by atoms with Crippen LogP contribution in [0.15, 0.2) is 24.3 Å². The molecular formula is C19H26ClN5OS. The van der Waals surface area contributed by atoms with E-state index >= 15 is 0 Å². The van der Waals surface area contributed by atoms with Gasteiger partial charge in [-0.2, -0.15) is 4.37 Å². The van der Waals surface area contributed by atoms with Gasteiger partial charge in [0.2, 0.25) is 5.13 Å². The molecule has 0 radical (unpaired) electrons. The van der Waals surface area contributed by atoms with E-state index in [1.54, 1.807) is 0 Å². The fraction of sp³-hybridized carbons (Fsp3) is 0.526. The molecule has 0 bridgehead atoms. The standard InChI is InChI=1S/C19H26ClN5OS/c1-3-4-9-21-18(26)25-11-10-24(13-14(25)2)19-22-17(23-27-19)12-15-5-7-16(20)8-6-15/h5-8,14H,3-4,9-13H2,1-2H3,(H,21,26). The number of anilines is 1. The summed E-state index contributed by atoms with van der Waals surface area (Å²) in [4.78, 5) is 21.2. The van der Waals surface area contributed by atoms with Crippen molar-refractivity contribution in [2.24, 2.45) is 0 Å². The first-order valence-electron chi connectivity index (χ1n) is 9.43. The highest BCUT2D eigenvalue weighted by Crippen LogP contribution is 2.22. The number of unbranched alkanes of at least 4 members (excludes halogenated alkanes) is 1. The molecule has 2 aromatic rings. The SMILES string of the molecule is CCCCNC(=O)N1CCN(c2nc(Cc3ccc(Cl)cc3)ns2)CC1C. The Morgan fingerprint density at radius 1 is 1.33 bits per heavy atom. The maximum absolute atomic E-state index is 12.3. The fourth-order valence-electron chi connectivity index (χ4n) is 3.14. The van der Waals surface area contributed by atoms with Crippen LogP contribution in [0, 0.1) is 0 Å². The Bertz CT molecular complexity index is 751. The number of benzene rings is 1. The van der Waals surface area contributed by atoms with E-state index in [4.69, 9.17) is 16.6 Å². The van der Waals surface area contributed by atoms with Crippen molar-refractivity contribution in [3.63, 3.8) is 0 Å². The Morgan fingerprint density at radius 3 is 2.81 bits per heavy atom. The third-order valence-corrected chi connectivity index (χ3v) is 5.77. The van der Waals surface area contributed by atoms with E-state index in [0.29, 0.717) is 13.0 Å². The number of hydrogen-bond acceptors (Lipinski definition) is 5. The highest BCUT2D eigenvalue weighted by molar-refractivity contribution is 7.09. The number of rotatable bonds is 6. The molecule has 8 heteroatoms. The van der Waals surface area contributed by atoms with Crippen molar-refractivity contribution in [2.75, 3.05) is 31.1 Å². The lowest BCUT2D eigenvalue weighted by Gasteiger charge is -2.39. The van der Waals surface area contributed by atoms with Crippen LogP contribution < -0.4 is 10.2 Å². The summed E-state index contributed by atoms with van der Waals surface area (Å²) in [6, 6.07) is 7.95. The van der Waals surface area contributed by atoms with Crippen molar-refractivity contribution in [1.82, 2.24) is 19.6 Å². The Labute approximate surface area is 169 Å². The monoisotopic (exact) mass is 407 g/mol. The molecule has 1 unspecified atom stereocenters. The number of hydrogen-bond donors (Lipinski definition) is 1. The van der Waals surface area contributed by atoms with Gasteiger partial charge in [-0.05, 0) is 31.0 Å². The number of piperazine rings is 1. The normalized spacial score (nSPS) is 17.2. The fourth-order valence-corrected chi connectivity index (χ4v) is 3.98. The zero-order valence-corrected chi connectivity index (χ0v) is 17.4. The molecule has 0 saturated carbocycles. The Morgan fingerprint density at radius 2 is 2.11 bits per heavy atom. The summed E-state index contributed by atoms with van der Waals surface area (Å²) in [7, 11) is 0. The minimum Gasteiger partial charge on any atom is -0.343 e. The molecule has 1 saturated heterocycles. The number of amides is 2. The van der Waals surface area contributed by atoms with Crippen molar-refractivity contribution < 1.29 is 4.79 Å². The first-order valence-corrected chi connectivity index (χ1v) is 10.6. The van der Waals surface area contributed by atoms with Gasteiger partial charge in [-0.3, -0.25) is 0 Å². The van der Waals surface area contributed by atoms with Crippen LogP contribution in [0.5, 0.6) is 0 Å². The summed E-state index contributed by atoms with van der Waals surface area (Å²) in [5.74, 6) is 0.824. The average Bonchev–Trinajstić information content (AvgIpc) is 3.12. The summed E-state index contributed by atoms with van der Waals surface area (Å²) in [6.07, 6.45) is 2.79. The Kier molecular flexibility index (Phi) is 6.90. The highest BCUT2D eigenvalue weighted by Gasteiger charge is 2.28. The first kappa shape index (κ1) is 19.9. The summed E-state index contributed by atoms with van der Waals surface area (Å²) >= 11 is 7.36. The molecule has 1 aromatic heterocycles. The lowest BCUT2D eigenvalue weighted by molar-refractivity contribution is 0.171. The molecule has 27 heavy (non-hydrogen) atoms. The van der Waals surface area contributed by atoms with E-state index in [1.807, 2.05) is 29.2 Å². The van der Waals surface area contributed by atoms with Crippen LogP contribution in [0.3, 0.4) is 0 Å². The lowest BCUT2D eigenvalue weighted by Crippen LogP contribution is -2.56. The summed E-state index contributed by atoms with van der Waals surface area (Å²) in [5, 5.41) is 4.67. The van der Waals surface area contributed by atoms with Crippen LogP contribution in [-0.4, -0.2) is 52.5 Å². The number of urea groups is 1. The molecule has 0 spiro atoms. The van der Waals surface area contributed by atoms with E-state index in [2.05, 4.69) is 28.4 Å². The van der Waals surface area contributed by atoms with Crippen molar-refractivity contribution in [2.45, 2.75) is 39.2 Å². The minimum absolute atomic E-state index is 0.0382. The zero-order chi connectivity index (χ0) is 19.2. The molecule has 1 N–H and O–H groups in total. The van der Waals surface area contributed by atoms with Crippen molar-refractivity contribution >= 4 is 34.3 Å². The molecule has 1 aliphatic heterocycles. The molecule has 1 fully saturated rings. The summed E-state index contributed by atoms with van der Waals surface area (Å²) in [5.41, 5.74) is 1.14. The molecule has 1 aliphatic rings. The second-order valence-electron chi connectivity index (χ2n) is 6.87. The van der Waals surface area contributed by atoms with Gasteiger partial charge >= 0.3 is 6.03 Å². The van der Waals surface area contributed by atoms with Crippen LogP contribution in [0.1, 0.15) is 38.1 Å². The van der Waals surface area contributed by atoms with Crippen LogP contribution >= 0.6 is 23.1 Å². The predicted molar refractivity (Wildman–Crippen MR) is 111 cm³/mol. The van der Waals surface area contributed by atoms with Gasteiger partial charge in [-0.15, -0.1) is 0 Å². The van der Waals surface area contributed by atoms with Crippen LogP contribution in [-0.2, 0) is 6.42 Å². The Balaban J connectivity index is 1.55. The van der Waals surface area contributed by atoms with E-state index in [9.17, 15) is 4.79 Å². The molecule has 3 rings (SSSR count). The number of carbonyl (C=O) groups excluding carboxylic acids is 1. The third-order valence-electron chi connectivity index (χ3n) is 4.70. The van der Waals surface area contributed by atoms with E-state index in [0.717, 1.165) is 54.0 Å². The smallest absolute Gasteiger partial charge is 0.317 e. The number of aromatic nitrogens is 2. The molecular weight excluding hydrogens is 382 g/mol. The molecule has 146 valence electrons. The quantitative estimate of drug-likeness (QED) is 0.740. The number of nitrogens with one attached hydrogen (secondary N) is 1. The maximum atomic E-state index is 12.3. The molecule has 2 amide bonds. The first-order chi connectivity index (χ1) is 13.1. The molecule has 1 aromatic carbocycles. The third kappa shape index (κ3) is 5.32. The van der Waals surface area contributed by atoms with Crippen molar-refractivity contribution in [1.29, 1.82) is 0 Å². The summed E-state index contributed by atoms with van der Waals surface area (Å²) in [6.45, 7) is 7.20. The predicted octanol–water partition coefficient (Wildman–Crippen LogP) is 3.80. The molecule has 0 aliphatic carbocycles. The van der Waals surface area contributed by atoms with Gasteiger partial charge in [0, 0.05) is 55.2 Å². The van der Waals surface area contributed by atoms with Gasteiger partial charge in [0.05, 0.1) is 0 Å². The Hall–Kier alpha value is -1.86. The zero-order valence-electron chi connectivity index (χ0n) is 15.8.